The van der Waals surface area contributed by atoms with Gasteiger partial charge in [-0.2, -0.15) is 0 Å². The fraction of sp³-hybridized carbons (Fsp3) is 0.545. The lowest BCUT2D eigenvalue weighted by atomic mass is 10.4. The monoisotopic (exact) mass is 256 g/mol. The number of nitrogens with one attached hydrogen (secondary N) is 1. The minimum atomic E-state index is 0.703. The van der Waals surface area contributed by atoms with Crippen LogP contribution in [0.2, 0.25) is 0 Å². The lowest BCUT2D eigenvalue weighted by Gasteiger charge is -2.19. The second kappa shape index (κ2) is 8.05. The van der Waals surface area contributed by atoms with Crippen LogP contribution in [0, 0.1) is 0 Å². The van der Waals surface area contributed by atoms with Gasteiger partial charge in [-0.05, 0) is 17.9 Å². The van der Waals surface area contributed by atoms with Gasteiger partial charge in [0, 0.05) is 32.2 Å². The number of ether oxygens (including phenoxy) is 1. The smallest absolute Gasteiger partial charge is 0.208 e. The van der Waals surface area contributed by atoms with Crippen molar-refractivity contribution in [2.45, 2.75) is 13.0 Å². The summed E-state index contributed by atoms with van der Waals surface area (Å²) < 4.78 is 4.97. The highest BCUT2D eigenvalue weighted by Gasteiger charge is 2.05. The van der Waals surface area contributed by atoms with Crippen LogP contribution in [-0.4, -0.2) is 38.2 Å². The Balaban J connectivity index is 2.42. The van der Waals surface area contributed by atoms with E-state index in [0.29, 0.717) is 12.5 Å². The molecule has 0 aromatic carbocycles. The van der Waals surface area contributed by atoms with Gasteiger partial charge in [0.05, 0.1) is 6.54 Å². The highest BCUT2D eigenvalue weighted by atomic mass is 32.1. The molecule has 0 spiro atoms. The third-order valence-corrected chi connectivity index (χ3v) is 3.09. The highest BCUT2D eigenvalue weighted by Crippen LogP contribution is 2.10. The predicted octanol–water partition coefficient (Wildman–Crippen LogP) is 1.04. The fourth-order valence-corrected chi connectivity index (χ4v) is 2.14. The first kappa shape index (κ1) is 14.0. The van der Waals surface area contributed by atoms with Crippen LogP contribution in [-0.2, 0) is 11.3 Å². The molecule has 6 heteroatoms. The number of guanidine groups is 1. The number of methoxy groups -OCH3 is 1. The van der Waals surface area contributed by atoms with Gasteiger partial charge in [0.15, 0.2) is 0 Å². The third kappa shape index (κ3) is 5.16. The van der Waals surface area contributed by atoms with E-state index in [1.165, 1.54) is 4.88 Å². The second-order valence-corrected chi connectivity index (χ2v) is 4.66. The van der Waals surface area contributed by atoms with Crippen LogP contribution in [0.1, 0.15) is 11.3 Å². The van der Waals surface area contributed by atoms with Crippen molar-refractivity contribution in [3.8, 4) is 0 Å². The van der Waals surface area contributed by atoms with Gasteiger partial charge in [0.25, 0.3) is 0 Å². The minimum Gasteiger partial charge on any atom is -0.385 e. The molecule has 5 nitrogen and oxygen atoms in total. The Kier molecular flexibility index (Phi) is 6.61. The van der Waals surface area contributed by atoms with Crippen LogP contribution in [0.25, 0.3) is 0 Å². The van der Waals surface area contributed by atoms with Gasteiger partial charge in [-0.15, -0.1) is 11.3 Å². The third-order valence-electron chi connectivity index (χ3n) is 2.23. The molecule has 96 valence electrons. The molecule has 0 bridgehead atoms. The number of nitrogens with two attached hydrogens (primary N) is 1. The topological polar surface area (TPSA) is 62.9 Å². The van der Waals surface area contributed by atoms with Crippen molar-refractivity contribution in [3.63, 3.8) is 0 Å². The highest BCUT2D eigenvalue weighted by molar-refractivity contribution is 7.09. The summed E-state index contributed by atoms with van der Waals surface area (Å²) in [6, 6.07) is 4.14. The van der Waals surface area contributed by atoms with E-state index in [4.69, 9.17) is 10.6 Å². The molecule has 0 aliphatic carbocycles. The quantitative estimate of drug-likeness (QED) is 0.262. The first-order chi connectivity index (χ1) is 8.27. The number of aliphatic imine (C=N–C) groups is 1. The van der Waals surface area contributed by atoms with Crippen molar-refractivity contribution >= 4 is 17.3 Å². The average molecular weight is 256 g/mol. The first-order valence-corrected chi connectivity index (χ1v) is 6.39. The minimum absolute atomic E-state index is 0.703. The molecule has 0 saturated carbocycles. The predicted molar refractivity (Wildman–Crippen MR) is 71.9 cm³/mol. The molecule has 0 atom stereocenters. The van der Waals surface area contributed by atoms with E-state index in [0.717, 1.165) is 19.6 Å². The van der Waals surface area contributed by atoms with Gasteiger partial charge in [-0.25, -0.2) is 5.84 Å². The van der Waals surface area contributed by atoms with Crippen molar-refractivity contribution in [1.82, 2.24) is 10.3 Å². The standard InChI is InChI=1S/C11H20N4OS/c1-15(9-10-5-3-8-17-10)11(14-12)13-6-4-7-16-2/h3,5,8H,4,6-7,9,12H2,1-2H3,(H,13,14). The molecule has 3 N–H and O–H groups in total. The van der Waals surface area contributed by atoms with Crippen LogP contribution in [0.3, 0.4) is 0 Å². The molecule has 1 aromatic heterocycles. The summed E-state index contributed by atoms with van der Waals surface area (Å²) >= 11 is 1.73. The Morgan fingerprint density at radius 3 is 3.06 bits per heavy atom. The van der Waals surface area contributed by atoms with Gasteiger partial charge >= 0.3 is 0 Å². The van der Waals surface area contributed by atoms with Gasteiger partial charge < -0.3 is 9.64 Å². The van der Waals surface area contributed by atoms with E-state index in [9.17, 15) is 0 Å². The molecule has 0 unspecified atom stereocenters. The number of hydrogen-bond acceptors (Lipinski definition) is 4. The summed E-state index contributed by atoms with van der Waals surface area (Å²) in [5.41, 5.74) is 2.63. The molecule has 17 heavy (non-hydrogen) atoms. The van der Waals surface area contributed by atoms with Crippen molar-refractivity contribution < 1.29 is 4.74 Å². The maximum atomic E-state index is 5.47. The Bertz CT molecular complexity index is 326. The van der Waals surface area contributed by atoms with Crippen LogP contribution in [0.5, 0.6) is 0 Å². The van der Waals surface area contributed by atoms with Gasteiger partial charge in [-0.1, -0.05) is 6.07 Å². The maximum Gasteiger partial charge on any atom is 0.208 e. The first-order valence-electron chi connectivity index (χ1n) is 5.51. The molecule has 0 aliphatic heterocycles. The number of hydrogen-bond donors (Lipinski definition) is 2. The summed E-state index contributed by atoms with van der Waals surface area (Å²) in [6.07, 6.45) is 0.897. The number of rotatable bonds is 6. The maximum absolute atomic E-state index is 5.47. The number of hydrazine groups is 1. The largest absolute Gasteiger partial charge is 0.385 e. The molecule has 0 amide bonds. The fourth-order valence-electron chi connectivity index (χ4n) is 1.38. The summed E-state index contributed by atoms with van der Waals surface area (Å²) in [7, 11) is 3.66. The Hall–Kier alpha value is -1.11. The van der Waals surface area contributed by atoms with Crippen LogP contribution < -0.4 is 11.3 Å². The van der Waals surface area contributed by atoms with Crippen molar-refractivity contribution in [2.24, 2.45) is 10.8 Å². The number of thiophene rings is 1. The zero-order valence-electron chi connectivity index (χ0n) is 10.3. The summed E-state index contributed by atoms with van der Waals surface area (Å²) in [4.78, 5) is 7.67. The molecule has 0 saturated heterocycles. The second-order valence-electron chi connectivity index (χ2n) is 3.63. The SMILES string of the molecule is COCCCN=C(NN)N(C)Cc1cccs1. The Labute approximate surface area is 106 Å². The van der Waals surface area contributed by atoms with Crippen molar-refractivity contribution in [1.29, 1.82) is 0 Å². The van der Waals surface area contributed by atoms with Crippen molar-refractivity contribution in [2.75, 3.05) is 27.3 Å². The molecule has 1 heterocycles. The Morgan fingerprint density at radius 1 is 1.65 bits per heavy atom. The van der Waals surface area contributed by atoms with E-state index in [-0.39, 0.29) is 0 Å². The summed E-state index contributed by atoms with van der Waals surface area (Å²) in [6.45, 7) is 2.24. The molecule has 1 aromatic rings. The molecule has 0 fully saturated rings. The number of nitrogens with zero attached hydrogens (tertiary/aromatic N) is 2. The summed E-state index contributed by atoms with van der Waals surface area (Å²) in [5, 5.41) is 2.06. The van der Waals surface area contributed by atoms with Crippen molar-refractivity contribution in [3.05, 3.63) is 22.4 Å². The zero-order valence-corrected chi connectivity index (χ0v) is 11.2. The molecule has 0 radical (unpaired) electrons. The average Bonchev–Trinajstić information content (AvgIpc) is 2.82. The Morgan fingerprint density at radius 2 is 2.47 bits per heavy atom. The normalized spacial score (nSPS) is 11.6. The molecular weight excluding hydrogens is 236 g/mol. The van der Waals surface area contributed by atoms with E-state index in [1.54, 1.807) is 18.4 Å². The lowest BCUT2D eigenvalue weighted by Crippen LogP contribution is -2.42. The van der Waals surface area contributed by atoms with Crippen LogP contribution in [0.4, 0.5) is 0 Å². The van der Waals surface area contributed by atoms with E-state index in [1.807, 2.05) is 18.0 Å². The van der Waals surface area contributed by atoms with Crippen LogP contribution in [0.15, 0.2) is 22.5 Å². The van der Waals surface area contributed by atoms with E-state index < -0.39 is 0 Å². The molecule has 1 rings (SSSR count). The summed E-state index contributed by atoms with van der Waals surface area (Å²) in [5.74, 6) is 6.17. The van der Waals surface area contributed by atoms with Gasteiger partial charge in [0.2, 0.25) is 5.96 Å². The van der Waals surface area contributed by atoms with Crippen LogP contribution >= 0.6 is 11.3 Å². The molecular formula is C11H20N4OS. The van der Waals surface area contributed by atoms with E-state index >= 15 is 0 Å². The molecule has 0 aliphatic rings. The van der Waals surface area contributed by atoms with Gasteiger partial charge in [-0.3, -0.25) is 10.4 Å². The van der Waals surface area contributed by atoms with Gasteiger partial charge in [0.1, 0.15) is 0 Å². The lowest BCUT2D eigenvalue weighted by molar-refractivity contribution is 0.197. The zero-order chi connectivity index (χ0) is 12.5. The van der Waals surface area contributed by atoms with E-state index in [2.05, 4.69) is 21.9 Å².